The second kappa shape index (κ2) is 9.23. The van der Waals surface area contributed by atoms with Crippen molar-refractivity contribution in [1.82, 2.24) is 25.5 Å². The Balaban J connectivity index is 1.43. The van der Waals surface area contributed by atoms with Gasteiger partial charge in [0.1, 0.15) is 5.69 Å². The third-order valence-electron chi connectivity index (χ3n) is 4.87. The highest BCUT2D eigenvalue weighted by molar-refractivity contribution is 5.96. The normalized spacial score (nSPS) is 15.3. The van der Waals surface area contributed by atoms with E-state index in [9.17, 15) is 9.59 Å². The van der Waals surface area contributed by atoms with Crippen LogP contribution in [0.4, 0.5) is 0 Å². The molecule has 27 heavy (non-hydrogen) atoms. The van der Waals surface area contributed by atoms with Gasteiger partial charge in [0, 0.05) is 51.3 Å². The predicted molar refractivity (Wildman–Crippen MR) is 102 cm³/mol. The Morgan fingerprint density at radius 1 is 1.11 bits per heavy atom. The van der Waals surface area contributed by atoms with E-state index in [1.165, 1.54) is 11.8 Å². The molecule has 2 N–H and O–H groups in total. The lowest BCUT2D eigenvalue weighted by Gasteiger charge is -2.32. The first-order valence-electron chi connectivity index (χ1n) is 9.26. The number of aromatic nitrogens is 2. The summed E-state index contributed by atoms with van der Waals surface area (Å²) in [5.74, 6) is -0.401. The standard InChI is InChI=1S/C20H25N5O2/c1-21-20(27)18-3-2-16(14-23-18)19(26)24-17-7-12-25(13-8-17)11-6-15-4-9-22-10-5-15/h2-5,9-10,14,17H,6-8,11-13H2,1H3,(H,21,27)(H,24,26). The van der Waals surface area contributed by atoms with Crippen molar-refractivity contribution >= 4 is 11.8 Å². The molecule has 0 aromatic carbocycles. The van der Waals surface area contributed by atoms with Crippen LogP contribution in [-0.2, 0) is 6.42 Å². The largest absolute Gasteiger partial charge is 0.354 e. The second-order valence-electron chi connectivity index (χ2n) is 6.71. The van der Waals surface area contributed by atoms with E-state index in [2.05, 4.69) is 37.6 Å². The minimum absolute atomic E-state index is 0.138. The van der Waals surface area contributed by atoms with Crippen molar-refractivity contribution in [2.45, 2.75) is 25.3 Å². The van der Waals surface area contributed by atoms with E-state index < -0.39 is 0 Å². The van der Waals surface area contributed by atoms with Crippen LogP contribution in [-0.4, -0.2) is 59.4 Å². The summed E-state index contributed by atoms with van der Waals surface area (Å²) in [7, 11) is 1.55. The van der Waals surface area contributed by atoms with Crippen molar-refractivity contribution in [3.05, 3.63) is 59.7 Å². The van der Waals surface area contributed by atoms with Gasteiger partial charge in [-0.2, -0.15) is 0 Å². The van der Waals surface area contributed by atoms with Crippen molar-refractivity contribution in [3.8, 4) is 0 Å². The molecule has 1 fully saturated rings. The van der Waals surface area contributed by atoms with Crippen LogP contribution >= 0.6 is 0 Å². The lowest BCUT2D eigenvalue weighted by atomic mass is 10.0. The average molecular weight is 367 g/mol. The lowest BCUT2D eigenvalue weighted by Crippen LogP contribution is -2.45. The van der Waals surface area contributed by atoms with Gasteiger partial charge in [-0.3, -0.25) is 19.6 Å². The first kappa shape index (κ1) is 19.0. The van der Waals surface area contributed by atoms with E-state index in [0.717, 1.165) is 38.9 Å². The Labute approximate surface area is 159 Å². The van der Waals surface area contributed by atoms with E-state index in [-0.39, 0.29) is 17.9 Å². The van der Waals surface area contributed by atoms with Gasteiger partial charge in [-0.25, -0.2) is 0 Å². The van der Waals surface area contributed by atoms with Gasteiger partial charge < -0.3 is 15.5 Å². The molecule has 0 unspecified atom stereocenters. The molecule has 7 nitrogen and oxygen atoms in total. The maximum absolute atomic E-state index is 12.4. The van der Waals surface area contributed by atoms with Crippen molar-refractivity contribution in [2.24, 2.45) is 0 Å². The number of nitrogens with one attached hydrogen (secondary N) is 2. The van der Waals surface area contributed by atoms with Gasteiger partial charge in [-0.1, -0.05) is 0 Å². The Morgan fingerprint density at radius 2 is 1.85 bits per heavy atom. The van der Waals surface area contributed by atoms with Crippen LogP contribution in [0.1, 0.15) is 39.3 Å². The number of rotatable bonds is 6. The zero-order valence-corrected chi connectivity index (χ0v) is 15.5. The van der Waals surface area contributed by atoms with E-state index >= 15 is 0 Å². The Kier molecular flexibility index (Phi) is 6.49. The molecule has 3 rings (SSSR count). The van der Waals surface area contributed by atoms with Crippen molar-refractivity contribution in [3.63, 3.8) is 0 Å². The summed E-state index contributed by atoms with van der Waals surface area (Å²) >= 11 is 0. The maximum Gasteiger partial charge on any atom is 0.269 e. The molecule has 0 aliphatic carbocycles. The summed E-state index contributed by atoms with van der Waals surface area (Å²) in [5.41, 5.74) is 2.08. The topological polar surface area (TPSA) is 87.2 Å². The molecule has 1 saturated heterocycles. The van der Waals surface area contributed by atoms with Gasteiger partial charge in [0.15, 0.2) is 0 Å². The van der Waals surface area contributed by atoms with Crippen LogP contribution in [0.15, 0.2) is 42.9 Å². The summed E-state index contributed by atoms with van der Waals surface area (Å²) in [6, 6.07) is 7.48. The number of pyridine rings is 2. The summed E-state index contributed by atoms with van der Waals surface area (Å²) in [6.45, 7) is 2.98. The van der Waals surface area contributed by atoms with Crippen molar-refractivity contribution in [2.75, 3.05) is 26.7 Å². The molecular formula is C20H25N5O2. The van der Waals surface area contributed by atoms with Crippen LogP contribution in [0.5, 0.6) is 0 Å². The molecule has 3 heterocycles. The Bertz CT molecular complexity index is 756. The molecule has 0 radical (unpaired) electrons. The fourth-order valence-corrected chi connectivity index (χ4v) is 3.20. The molecule has 2 aromatic rings. The van der Waals surface area contributed by atoms with E-state index in [1.54, 1.807) is 19.2 Å². The molecule has 1 aliphatic heterocycles. The quantitative estimate of drug-likeness (QED) is 0.803. The summed E-state index contributed by atoms with van der Waals surface area (Å²) in [6.07, 6.45) is 7.99. The van der Waals surface area contributed by atoms with Crippen LogP contribution in [0.3, 0.4) is 0 Å². The van der Waals surface area contributed by atoms with Crippen LogP contribution < -0.4 is 10.6 Å². The Hall–Kier alpha value is -2.80. The first-order valence-corrected chi connectivity index (χ1v) is 9.26. The fourth-order valence-electron chi connectivity index (χ4n) is 3.20. The highest BCUT2D eigenvalue weighted by Crippen LogP contribution is 2.12. The molecule has 1 aliphatic rings. The molecule has 2 aromatic heterocycles. The minimum atomic E-state index is -0.263. The van der Waals surface area contributed by atoms with Crippen LogP contribution in [0.2, 0.25) is 0 Å². The van der Waals surface area contributed by atoms with E-state index in [4.69, 9.17) is 0 Å². The zero-order chi connectivity index (χ0) is 19.1. The number of hydrogen-bond acceptors (Lipinski definition) is 5. The summed E-state index contributed by atoms with van der Waals surface area (Å²) < 4.78 is 0. The minimum Gasteiger partial charge on any atom is -0.354 e. The number of piperidine rings is 1. The highest BCUT2D eigenvalue weighted by Gasteiger charge is 2.21. The summed E-state index contributed by atoms with van der Waals surface area (Å²) in [4.78, 5) is 34.4. The molecule has 0 atom stereocenters. The molecule has 0 saturated carbocycles. The molecule has 0 spiro atoms. The van der Waals surface area contributed by atoms with Crippen molar-refractivity contribution < 1.29 is 9.59 Å². The maximum atomic E-state index is 12.4. The number of nitrogens with zero attached hydrogens (tertiary/aromatic N) is 3. The third kappa shape index (κ3) is 5.34. The van der Waals surface area contributed by atoms with Gasteiger partial charge in [0.25, 0.3) is 11.8 Å². The van der Waals surface area contributed by atoms with Crippen LogP contribution in [0, 0.1) is 0 Å². The second-order valence-corrected chi connectivity index (χ2v) is 6.71. The molecular weight excluding hydrogens is 342 g/mol. The molecule has 0 bridgehead atoms. The van der Waals surface area contributed by atoms with Gasteiger partial charge in [0.05, 0.1) is 5.56 Å². The first-order chi connectivity index (χ1) is 13.2. The van der Waals surface area contributed by atoms with Gasteiger partial charge in [-0.15, -0.1) is 0 Å². The van der Waals surface area contributed by atoms with E-state index in [0.29, 0.717) is 11.3 Å². The predicted octanol–water partition coefficient (Wildman–Crippen LogP) is 1.27. The van der Waals surface area contributed by atoms with Crippen molar-refractivity contribution in [1.29, 1.82) is 0 Å². The zero-order valence-electron chi connectivity index (χ0n) is 15.5. The molecule has 7 heteroatoms. The number of carbonyl (C=O) groups is 2. The Morgan fingerprint density at radius 3 is 2.48 bits per heavy atom. The number of amides is 2. The highest BCUT2D eigenvalue weighted by atomic mass is 16.2. The summed E-state index contributed by atoms with van der Waals surface area (Å²) in [5, 5.41) is 5.59. The third-order valence-corrected chi connectivity index (χ3v) is 4.87. The number of hydrogen-bond donors (Lipinski definition) is 2. The van der Waals surface area contributed by atoms with Gasteiger partial charge in [0.2, 0.25) is 0 Å². The SMILES string of the molecule is CNC(=O)c1ccc(C(=O)NC2CCN(CCc3ccncc3)CC2)cn1. The monoisotopic (exact) mass is 367 g/mol. The molecule has 2 amide bonds. The smallest absolute Gasteiger partial charge is 0.269 e. The average Bonchev–Trinajstić information content (AvgIpc) is 2.73. The van der Waals surface area contributed by atoms with Gasteiger partial charge >= 0.3 is 0 Å². The van der Waals surface area contributed by atoms with Gasteiger partial charge in [-0.05, 0) is 49.1 Å². The molecule has 142 valence electrons. The number of likely N-dealkylation sites (tertiary alicyclic amines) is 1. The fraction of sp³-hybridized carbons (Fsp3) is 0.400. The van der Waals surface area contributed by atoms with E-state index in [1.807, 2.05) is 12.4 Å². The van der Waals surface area contributed by atoms with Crippen LogP contribution in [0.25, 0.3) is 0 Å². The number of carbonyl (C=O) groups excluding carboxylic acids is 2. The lowest BCUT2D eigenvalue weighted by molar-refractivity contribution is 0.0907.